The summed E-state index contributed by atoms with van der Waals surface area (Å²) in [4.78, 5) is 11.4. The third-order valence-corrected chi connectivity index (χ3v) is 5.41. The van der Waals surface area contributed by atoms with Gasteiger partial charge in [0.2, 0.25) is 0 Å². The van der Waals surface area contributed by atoms with Gasteiger partial charge < -0.3 is 5.32 Å². The average Bonchev–Trinajstić information content (AvgIpc) is 2.89. The molecule has 1 N–H and O–H groups in total. The van der Waals surface area contributed by atoms with E-state index in [2.05, 4.69) is 15.3 Å². The number of nitrogens with zero attached hydrogens (tertiary/aromatic N) is 2. The Balaban J connectivity index is 1.85. The number of rotatable bonds is 2. The van der Waals surface area contributed by atoms with Gasteiger partial charge in [-0.3, -0.25) is 0 Å². The number of aryl methyl sites for hydroxylation is 2. The van der Waals surface area contributed by atoms with Crippen LogP contribution in [0.2, 0.25) is 5.02 Å². The minimum absolute atomic E-state index is 0.702. The van der Waals surface area contributed by atoms with Gasteiger partial charge in [0.1, 0.15) is 17.0 Å². The quantitative estimate of drug-likeness (QED) is 0.725. The number of halogens is 1. The predicted octanol–water partition coefficient (Wildman–Crippen LogP) is 4.97. The van der Waals surface area contributed by atoms with Crippen molar-refractivity contribution in [1.29, 1.82) is 0 Å². The van der Waals surface area contributed by atoms with Gasteiger partial charge in [-0.2, -0.15) is 0 Å². The third kappa shape index (κ3) is 2.28. The fraction of sp³-hybridized carbons (Fsp3) is 0.250. The van der Waals surface area contributed by atoms with Gasteiger partial charge in [-0.1, -0.05) is 23.7 Å². The number of para-hydroxylation sites is 1. The summed E-state index contributed by atoms with van der Waals surface area (Å²) >= 11 is 8.04. The first-order chi connectivity index (χ1) is 10.3. The van der Waals surface area contributed by atoms with E-state index in [1.807, 2.05) is 24.3 Å². The first-order valence-electron chi connectivity index (χ1n) is 7.10. The van der Waals surface area contributed by atoms with Gasteiger partial charge in [-0.05, 0) is 43.4 Å². The molecule has 21 heavy (non-hydrogen) atoms. The number of thiophene rings is 1. The van der Waals surface area contributed by atoms with Gasteiger partial charge in [0.05, 0.1) is 16.1 Å². The van der Waals surface area contributed by atoms with Crippen LogP contribution in [0.3, 0.4) is 0 Å². The van der Waals surface area contributed by atoms with Crippen LogP contribution in [0.15, 0.2) is 30.6 Å². The molecule has 0 saturated carbocycles. The van der Waals surface area contributed by atoms with E-state index in [1.54, 1.807) is 17.7 Å². The van der Waals surface area contributed by atoms with Gasteiger partial charge in [0.15, 0.2) is 0 Å². The summed E-state index contributed by atoms with van der Waals surface area (Å²) in [6, 6.07) is 7.74. The van der Waals surface area contributed by atoms with Crippen molar-refractivity contribution in [2.24, 2.45) is 0 Å². The lowest BCUT2D eigenvalue weighted by atomic mass is 9.97. The van der Waals surface area contributed by atoms with Gasteiger partial charge >= 0.3 is 0 Å². The van der Waals surface area contributed by atoms with Gasteiger partial charge in [-0.15, -0.1) is 11.3 Å². The van der Waals surface area contributed by atoms with E-state index in [0.717, 1.165) is 22.8 Å². The Morgan fingerprint density at radius 2 is 1.95 bits per heavy atom. The second kappa shape index (κ2) is 5.28. The molecule has 0 spiro atoms. The van der Waals surface area contributed by atoms with E-state index in [4.69, 9.17) is 11.6 Å². The molecule has 0 atom stereocenters. The van der Waals surface area contributed by atoms with E-state index in [0.29, 0.717) is 5.02 Å². The molecule has 3 aromatic rings. The van der Waals surface area contributed by atoms with Gasteiger partial charge in [0, 0.05) is 4.88 Å². The lowest BCUT2D eigenvalue weighted by Gasteiger charge is -2.13. The summed E-state index contributed by atoms with van der Waals surface area (Å²) in [7, 11) is 0. The molecule has 3 nitrogen and oxygen atoms in total. The first kappa shape index (κ1) is 13.0. The Labute approximate surface area is 132 Å². The van der Waals surface area contributed by atoms with Crippen molar-refractivity contribution in [1.82, 2.24) is 9.97 Å². The zero-order valence-corrected chi connectivity index (χ0v) is 13.0. The summed E-state index contributed by atoms with van der Waals surface area (Å²) in [6.07, 6.45) is 6.45. The molecule has 0 unspecified atom stereocenters. The summed E-state index contributed by atoms with van der Waals surface area (Å²) in [5, 5.41) is 5.26. The van der Waals surface area contributed by atoms with E-state index < -0.39 is 0 Å². The number of hydrogen-bond donors (Lipinski definition) is 1. The van der Waals surface area contributed by atoms with Crippen molar-refractivity contribution in [3.8, 4) is 0 Å². The minimum Gasteiger partial charge on any atom is -0.338 e. The maximum atomic E-state index is 6.24. The molecule has 0 saturated heterocycles. The maximum Gasteiger partial charge on any atom is 0.142 e. The SMILES string of the molecule is Clc1ccccc1Nc1ncnc2sc3c(c12)CCCC3. The summed E-state index contributed by atoms with van der Waals surface area (Å²) in [5.41, 5.74) is 2.31. The molecule has 0 radical (unpaired) electrons. The highest BCUT2D eigenvalue weighted by Gasteiger charge is 2.20. The molecule has 5 heteroatoms. The number of benzene rings is 1. The molecular weight excluding hydrogens is 302 g/mol. The van der Waals surface area contributed by atoms with Crippen LogP contribution in [0, 0.1) is 0 Å². The van der Waals surface area contributed by atoms with Crippen LogP contribution in [0.5, 0.6) is 0 Å². The second-order valence-electron chi connectivity index (χ2n) is 5.22. The molecule has 1 aromatic carbocycles. The summed E-state index contributed by atoms with van der Waals surface area (Å²) in [6.45, 7) is 0. The molecule has 2 heterocycles. The van der Waals surface area contributed by atoms with Crippen molar-refractivity contribution < 1.29 is 0 Å². The number of anilines is 2. The van der Waals surface area contributed by atoms with Crippen LogP contribution >= 0.6 is 22.9 Å². The normalized spacial score (nSPS) is 14.1. The van der Waals surface area contributed by atoms with E-state index in [9.17, 15) is 0 Å². The van der Waals surface area contributed by atoms with Crippen molar-refractivity contribution in [2.45, 2.75) is 25.7 Å². The first-order valence-corrected chi connectivity index (χ1v) is 8.29. The molecule has 4 rings (SSSR count). The molecule has 0 bridgehead atoms. The van der Waals surface area contributed by atoms with E-state index in [-0.39, 0.29) is 0 Å². The monoisotopic (exact) mass is 315 g/mol. The topological polar surface area (TPSA) is 37.8 Å². The minimum atomic E-state index is 0.702. The molecule has 1 aliphatic carbocycles. The highest BCUT2D eigenvalue weighted by atomic mass is 35.5. The van der Waals surface area contributed by atoms with Gasteiger partial charge in [0.25, 0.3) is 0 Å². The molecule has 2 aromatic heterocycles. The third-order valence-electron chi connectivity index (χ3n) is 3.88. The Morgan fingerprint density at radius 3 is 2.86 bits per heavy atom. The number of nitrogens with one attached hydrogen (secondary N) is 1. The average molecular weight is 316 g/mol. The van der Waals surface area contributed by atoms with Crippen LogP contribution in [0.1, 0.15) is 23.3 Å². The number of fused-ring (bicyclic) bond motifs is 3. The van der Waals surface area contributed by atoms with E-state index >= 15 is 0 Å². The lowest BCUT2D eigenvalue weighted by Crippen LogP contribution is -2.01. The highest BCUT2D eigenvalue weighted by molar-refractivity contribution is 7.19. The summed E-state index contributed by atoms with van der Waals surface area (Å²) in [5.74, 6) is 0.868. The highest BCUT2D eigenvalue weighted by Crippen LogP contribution is 2.39. The van der Waals surface area contributed by atoms with Crippen LogP contribution < -0.4 is 5.32 Å². The predicted molar refractivity (Wildman–Crippen MR) is 88.8 cm³/mol. The van der Waals surface area contributed by atoms with Crippen molar-refractivity contribution in [3.63, 3.8) is 0 Å². The number of hydrogen-bond acceptors (Lipinski definition) is 4. The lowest BCUT2D eigenvalue weighted by molar-refractivity contribution is 0.700. The Kier molecular flexibility index (Phi) is 3.28. The molecular formula is C16H14ClN3S. The van der Waals surface area contributed by atoms with Crippen molar-refractivity contribution >= 4 is 44.7 Å². The van der Waals surface area contributed by atoms with Crippen LogP contribution in [0.4, 0.5) is 11.5 Å². The summed E-state index contributed by atoms with van der Waals surface area (Å²) < 4.78 is 0. The standard InChI is InChI=1S/C16H14ClN3S/c17-11-6-2-3-7-12(11)20-15-14-10-5-1-4-8-13(10)21-16(14)19-9-18-15/h2-3,6-7,9H,1,4-5,8H2,(H,18,19,20). The van der Waals surface area contributed by atoms with E-state index in [1.165, 1.54) is 35.1 Å². The fourth-order valence-corrected chi connectivity index (χ4v) is 4.29. The largest absolute Gasteiger partial charge is 0.338 e. The Hall–Kier alpha value is -1.65. The second-order valence-corrected chi connectivity index (χ2v) is 6.71. The van der Waals surface area contributed by atoms with Crippen molar-refractivity contribution in [2.75, 3.05) is 5.32 Å². The molecule has 0 amide bonds. The van der Waals surface area contributed by atoms with Crippen LogP contribution in [-0.2, 0) is 12.8 Å². The molecule has 106 valence electrons. The van der Waals surface area contributed by atoms with Crippen LogP contribution in [-0.4, -0.2) is 9.97 Å². The van der Waals surface area contributed by atoms with Crippen molar-refractivity contribution in [3.05, 3.63) is 46.1 Å². The molecule has 1 aliphatic rings. The molecule has 0 aliphatic heterocycles. The Morgan fingerprint density at radius 1 is 1.10 bits per heavy atom. The van der Waals surface area contributed by atoms with Gasteiger partial charge in [-0.25, -0.2) is 9.97 Å². The van der Waals surface area contributed by atoms with Crippen LogP contribution in [0.25, 0.3) is 10.2 Å². The maximum absolute atomic E-state index is 6.24. The zero-order valence-electron chi connectivity index (χ0n) is 11.4. The smallest absolute Gasteiger partial charge is 0.142 e. The zero-order chi connectivity index (χ0) is 14.2. The fourth-order valence-electron chi connectivity index (χ4n) is 2.88. The molecule has 0 fully saturated rings. The number of aromatic nitrogens is 2. The Bertz CT molecular complexity index is 812.